The normalized spacial score (nSPS) is 19.2. The van der Waals surface area contributed by atoms with Crippen LogP contribution in [0.15, 0.2) is 18.2 Å². The molecule has 0 bridgehead atoms. The quantitative estimate of drug-likeness (QED) is 0.671. The first-order valence-electron chi connectivity index (χ1n) is 4.48. The van der Waals surface area contributed by atoms with Crippen LogP contribution in [0.5, 0.6) is 0 Å². The maximum Gasteiger partial charge on any atom is 0.0411 e. The van der Waals surface area contributed by atoms with Crippen LogP contribution in [0.3, 0.4) is 0 Å². The van der Waals surface area contributed by atoms with E-state index in [-0.39, 0.29) is 5.54 Å². The molecule has 0 radical (unpaired) electrons. The number of rotatable bonds is 1. The zero-order valence-corrected chi connectivity index (χ0v) is 7.72. The van der Waals surface area contributed by atoms with Crippen molar-refractivity contribution in [3.63, 3.8) is 0 Å². The molecule has 0 saturated heterocycles. The van der Waals surface area contributed by atoms with Crippen LogP contribution >= 0.6 is 0 Å². The molecule has 1 fully saturated rings. The summed E-state index contributed by atoms with van der Waals surface area (Å²) in [6.07, 6.45) is 2.30. The Hall–Kier alpha value is -0.820. The van der Waals surface area contributed by atoms with Crippen LogP contribution in [0.1, 0.15) is 29.5 Å². The molecule has 0 amide bonds. The predicted molar refractivity (Wildman–Crippen MR) is 51.0 cm³/mol. The van der Waals surface area contributed by atoms with Crippen molar-refractivity contribution < 1.29 is 0 Å². The van der Waals surface area contributed by atoms with Gasteiger partial charge in [-0.2, -0.15) is 0 Å². The molecular formula is C11H15N. The van der Waals surface area contributed by atoms with Crippen molar-refractivity contribution in [3.05, 3.63) is 34.9 Å². The summed E-state index contributed by atoms with van der Waals surface area (Å²) in [6, 6.07) is 6.55. The first-order valence-corrected chi connectivity index (χ1v) is 4.48. The highest BCUT2D eigenvalue weighted by atomic mass is 14.8. The van der Waals surface area contributed by atoms with E-state index in [1.807, 2.05) is 0 Å². The van der Waals surface area contributed by atoms with Crippen LogP contribution in [0.2, 0.25) is 0 Å². The minimum atomic E-state index is 0.0262. The monoisotopic (exact) mass is 161 g/mol. The molecule has 1 aromatic carbocycles. The highest BCUT2D eigenvalue weighted by molar-refractivity contribution is 5.36. The third kappa shape index (κ3) is 1.14. The van der Waals surface area contributed by atoms with Crippen molar-refractivity contribution in [2.75, 3.05) is 0 Å². The standard InChI is InChI=1S/C11H15N/c1-8-3-4-10(7-9(8)2)11(12)5-6-11/h3-4,7H,5-6,12H2,1-2H3. The lowest BCUT2D eigenvalue weighted by atomic mass is 10.0. The molecule has 2 rings (SSSR count). The molecule has 0 aliphatic heterocycles. The van der Waals surface area contributed by atoms with E-state index in [4.69, 9.17) is 5.73 Å². The van der Waals surface area contributed by atoms with Crippen molar-refractivity contribution in [1.82, 2.24) is 0 Å². The summed E-state index contributed by atoms with van der Waals surface area (Å²) in [5.74, 6) is 0. The first-order chi connectivity index (χ1) is 5.62. The molecule has 1 heteroatoms. The van der Waals surface area contributed by atoms with E-state index in [1.165, 1.54) is 16.7 Å². The van der Waals surface area contributed by atoms with Gasteiger partial charge in [-0.05, 0) is 43.4 Å². The molecule has 0 aromatic heterocycles. The summed E-state index contributed by atoms with van der Waals surface area (Å²) >= 11 is 0. The van der Waals surface area contributed by atoms with Gasteiger partial charge in [0.1, 0.15) is 0 Å². The average molecular weight is 161 g/mol. The predicted octanol–water partition coefficient (Wildman–Crippen LogP) is 2.25. The van der Waals surface area contributed by atoms with E-state index in [2.05, 4.69) is 32.0 Å². The highest BCUT2D eigenvalue weighted by Gasteiger charge is 2.39. The van der Waals surface area contributed by atoms with Crippen LogP contribution in [0, 0.1) is 13.8 Å². The topological polar surface area (TPSA) is 26.0 Å². The van der Waals surface area contributed by atoms with Gasteiger partial charge in [-0.1, -0.05) is 18.2 Å². The van der Waals surface area contributed by atoms with Gasteiger partial charge in [0.05, 0.1) is 0 Å². The van der Waals surface area contributed by atoms with Crippen molar-refractivity contribution in [2.24, 2.45) is 5.73 Å². The number of hydrogen-bond donors (Lipinski definition) is 1. The van der Waals surface area contributed by atoms with E-state index in [0.717, 1.165) is 12.8 Å². The zero-order chi connectivity index (χ0) is 8.77. The molecule has 1 nitrogen and oxygen atoms in total. The number of hydrogen-bond acceptors (Lipinski definition) is 1. The Balaban J connectivity index is 2.41. The van der Waals surface area contributed by atoms with Gasteiger partial charge in [-0.15, -0.1) is 0 Å². The average Bonchev–Trinajstić information content (AvgIpc) is 2.75. The lowest BCUT2D eigenvalue weighted by Crippen LogP contribution is -2.18. The largest absolute Gasteiger partial charge is 0.321 e. The second-order valence-electron chi connectivity index (χ2n) is 3.96. The molecule has 64 valence electrons. The number of benzene rings is 1. The molecule has 1 aliphatic rings. The minimum Gasteiger partial charge on any atom is -0.321 e. The van der Waals surface area contributed by atoms with E-state index in [0.29, 0.717) is 0 Å². The van der Waals surface area contributed by atoms with Crippen molar-refractivity contribution in [3.8, 4) is 0 Å². The number of nitrogens with two attached hydrogens (primary N) is 1. The van der Waals surface area contributed by atoms with Crippen molar-refractivity contribution in [1.29, 1.82) is 0 Å². The summed E-state index contributed by atoms with van der Waals surface area (Å²) in [7, 11) is 0. The first kappa shape index (κ1) is 7.81. The fourth-order valence-corrected chi connectivity index (χ4v) is 1.47. The molecule has 1 saturated carbocycles. The van der Waals surface area contributed by atoms with E-state index in [9.17, 15) is 0 Å². The smallest absolute Gasteiger partial charge is 0.0411 e. The van der Waals surface area contributed by atoms with Crippen molar-refractivity contribution in [2.45, 2.75) is 32.2 Å². The summed E-state index contributed by atoms with van der Waals surface area (Å²) in [4.78, 5) is 0. The van der Waals surface area contributed by atoms with Crippen LogP contribution < -0.4 is 5.73 Å². The van der Waals surface area contributed by atoms with Crippen LogP contribution in [-0.4, -0.2) is 0 Å². The van der Waals surface area contributed by atoms with Crippen LogP contribution in [0.25, 0.3) is 0 Å². The van der Waals surface area contributed by atoms with Gasteiger partial charge in [0.25, 0.3) is 0 Å². The maximum absolute atomic E-state index is 6.09. The second kappa shape index (κ2) is 2.33. The lowest BCUT2D eigenvalue weighted by Gasteiger charge is -2.10. The van der Waals surface area contributed by atoms with E-state index >= 15 is 0 Å². The zero-order valence-electron chi connectivity index (χ0n) is 7.72. The molecule has 0 atom stereocenters. The van der Waals surface area contributed by atoms with Gasteiger partial charge in [0.15, 0.2) is 0 Å². The minimum absolute atomic E-state index is 0.0262. The Bertz CT molecular complexity index is 311. The van der Waals surface area contributed by atoms with Crippen LogP contribution in [-0.2, 0) is 5.54 Å². The Kier molecular flexibility index (Phi) is 1.52. The van der Waals surface area contributed by atoms with Gasteiger partial charge in [0.2, 0.25) is 0 Å². The van der Waals surface area contributed by atoms with Gasteiger partial charge < -0.3 is 5.73 Å². The molecule has 1 aromatic rings. The Morgan fingerprint density at radius 2 is 1.83 bits per heavy atom. The van der Waals surface area contributed by atoms with E-state index < -0.39 is 0 Å². The lowest BCUT2D eigenvalue weighted by molar-refractivity contribution is 0.738. The summed E-state index contributed by atoms with van der Waals surface area (Å²) in [5, 5.41) is 0. The number of aryl methyl sites for hydroxylation is 2. The van der Waals surface area contributed by atoms with Gasteiger partial charge in [0, 0.05) is 5.54 Å². The molecule has 0 unspecified atom stereocenters. The third-order valence-electron chi connectivity index (χ3n) is 2.87. The second-order valence-corrected chi connectivity index (χ2v) is 3.96. The van der Waals surface area contributed by atoms with Gasteiger partial charge >= 0.3 is 0 Å². The maximum atomic E-state index is 6.09. The molecule has 1 aliphatic carbocycles. The highest BCUT2D eigenvalue weighted by Crippen LogP contribution is 2.42. The Morgan fingerprint density at radius 1 is 1.17 bits per heavy atom. The fraction of sp³-hybridized carbons (Fsp3) is 0.455. The Labute approximate surface area is 73.6 Å². The SMILES string of the molecule is Cc1ccc(C2(N)CC2)cc1C. The molecule has 2 N–H and O–H groups in total. The molecule has 0 spiro atoms. The third-order valence-corrected chi connectivity index (χ3v) is 2.87. The van der Waals surface area contributed by atoms with Gasteiger partial charge in [-0.3, -0.25) is 0 Å². The Morgan fingerprint density at radius 3 is 2.33 bits per heavy atom. The van der Waals surface area contributed by atoms with Gasteiger partial charge in [-0.25, -0.2) is 0 Å². The summed E-state index contributed by atoms with van der Waals surface area (Å²) < 4.78 is 0. The fourth-order valence-electron chi connectivity index (χ4n) is 1.47. The molecular weight excluding hydrogens is 146 g/mol. The summed E-state index contributed by atoms with van der Waals surface area (Å²) in [5.41, 5.74) is 10.1. The summed E-state index contributed by atoms with van der Waals surface area (Å²) in [6.45, 7) is 4.28. The van der Waals surface area contributed by atoms with Crippen molar-refractivity contribution >= 4 is 0 Å². The molecule has 12 heavy (non-hydrogen) atoms. The van der Waals surface area contributed by atoms with E-state index in [1.54, 1.807) is 0 Å². The van der Waals surface area contributed by atoms with Crippen LogP contribution in [0.4, 0.5) is 0 Å². The molecule has 0 heterocycles.